The molecular formula is C10H14ClN3O3S. The van der Waals surface area contributed by atoms with Crippen LogP contribution < -0.4 is 5.73 Å². The average molecular weight is 292 g/mol. The highest BCUT2D eigenvalue weighted by Gasteiger charge is 2.30. The average Bonchev–Trinajstić information content (AvgIpc) is 2.25. The van der Waals surface area contributed by atoms with Gasteiger partial charge in [-0.3, -0.25) is 4.79 Å². The van der Waals surface area contributed by atoms with Crippen molar-refractivity contribution in [1.29, 1.82) is 0 Å². The lowest BCUT2D eigenvalue weighted by molar-refractivity contribution is -0.118. The number of halogens is 1. The van der Waals surface area contributed by atoms with Gasteiger partial charge in [0.1, 0.15) is 10.0 Å². The van der Waals surface area contributed by atoms with Crippen molar-refractivity contribution >= 4 is 27.5 Å². The summed E-state index contributed by atoms with van der Waals surface area (Å²) in [4.78, 5) is 14.5. The second-order valence-corrected chi connectivity index (χ2v) is 6.12. The molecule has 1 heterocycles. The van der Waals surface area contributed by atoms with Gasteiger partial charge in [0.05, 0.1) is 6.54 Å². The van der Waals surface area contributed by atoms with Crippen molar-refractivity contribution in [1.82, 2.24) is 9.29 Å². The Morgan fingerprint density at radius 2 is 2.17 bits per heavy atom. The van der Waals surface area contributed by atoms with Crippen LogP contribution in [0.1, 0.15) is 13.8 Å². The Morgan fingerprint density at radius 3 is 2.61 bits per heavy atom. The Balaban J connectivity index is 3.26. The number of amides is 1. The van der Waals surface area contributed by atoms with Crippen LogP contribution >= 0.6 is 11.6 Å². The number of carbonyl (C=O) groups is 1. The summed E-state index contributed by atoms with van der Waals surface area (Å²) in [5.41, 5.74) is 5.05. The number of nitrogens with zero attached hydrogens (tertiary/aromatic N) is 2. The summed E-state index contributed by atoms with van der Waals surface area (Å²) in [6.45, 7) is 2.89. The van der Waals surface area contributed by atoms with Gasteiger partial charge in [-0.25, -0.2) is 13.4 Å². The van der Waals surface area contributed by atoms with Gasteiger partial charge in [-0.2, -0.15) is 4.31 Å². The van der Waals surface area contributed by atoms with Crippen LogP contribution in [0.5, 0.6) is 0 Å². The molecule has 0 spiro atoms. The van der Waals surface area contributed by atoms with E-state index >= 15 is 0 Å². The van der Waals surface area contributed by atoms with Gasteiger partial charge in [-0.15, -0.1) is 0 Å². The third-order valence-electron chi connectivity index (χ3n) is 2.20. The number of primary amides is 1. The van der Waals surface area contributed by atoms with Crippen molar-refractivity contribution in [2.24, 2.45) is 5.73 Å². The van der Waals surface area contributed by atoms with Crippen LogP contribution in [0.2, 0.25) is 5.15 Å². The van der Waals surface area contributed by atoms with Crippen LogP contribution in [-0.2, 0) is 14.8 Å². The van der Waals surface area contributed by atoms with E-state index in [1.807, 2.05) is 0 Å². The Hall–Kier alpha value is -1.18. The van der Waals surface area contributed by atoms with E-state index in [-0.39, 0.29) is 10.0 Å². The Bertz CT molecular complexity index is 545. The molecule has 2 N–H and O–H groups in total. The maximum absolute atomic E-state index is 12.3. The highest BCUT2D eigenvalue weighted by Crippen LogP contribution is 2.23. The largest absolute Gasteiger partial charge is 0.369 e. The fraction of sp³-hybridized carbons (Fsp3) is 0.400. The van der Waals surface area contributed by atoms with Gasteiger partial charge in [0, 0.05) is 12.2 Å². The normalized spacial score (nSPS) is 12.1. The van der Waals surface area contributed by atoms with Gasteiger partial charge in [0.15, 0.2) is 0 Å². The number of carbonyl (C=O) groups excluding carboxylic acids is 1. The first-order chi connectivity index (χ1) is 8.26. The number of rotatable bonds is 5. The zero-order valence-electron chi connectivity index (χ0n) is 10.00. The Morgan fingerprint density at radius 1 is 1.56 bits per heavy atom. The number of aromatic nitrogens is 1. The summed E-state index contributed by atoms with van der Waals surface area (Å²) in [6, 6.07) is 2.38. The van der Waals surface area contributed by atoms with Crippen LogP contribution in [0.3, 0.4) is 0 Å². The summed E-state index contributed by atoms with van der Waals surface area (Å²) in [5.74, 6) is -0.729. The predicted molar refractivity (Wildman–Crippen MR) is 67.5 cm³/mol. The molecule has 0 bridgehead atoms. The molecule has 0 unspecified atom stereocenters. The Kier molecular flexibility index (Phi) is 4.66. The molecule has 0 saturated carbocycles. The quantitative estimate of drug-likeness (QED) is 0.805. The van der Waals surface area contributed by atoms with Gasteiger partial charge in [0.2, 0.25) is 15.9 Å². The first-order valence-corrected chi connectivity index (χ1v) is 6.99. The lowest BCUT2D eigenvalue weighted by atomic mass is 10.4. The second-order valence-electron chi connectivity index (χ2n) is 3.90. The highest BCUT2D eigenvalue weighted by atomic mass is 35.5. The van der Waals surface area contributed by atoms with Gasteiger partial charge < -0.3 is 5.73 Å². The number of nitrogens with two attached hydrogens (primary N) is 1. The fourth-order valence-corrected chi connectivity index (χ4v) is 3.42. The van der Waals surface area contributed by atoms with E-state index in [1.54, 1.807) is 13.8 Å². The minimum absolute atomic E-state index is 0.132. The second kappa shape index (κ2) is 5.64. The molecule has 0 aliphatic rings. The molecule has 0 aromatic carbocycles. The highest BCUT2D eigenvalue weighted by molar-refractivity contribution is 7.89. The predicted octanol–water partition coefficient (Wildman–Crippen LogP) is 0.619. The maximum atomic E-state index is 12.3. The summed E-state index contributed by atoms with van der Waals surface area (Å²) >= 11 is 5.76. The maximum Gasteiger partial charge on any atom is 0.246 e. The van der Waals surface area contributed by atoms with E-state index in [9.17, 15) is 13.2 Å². The van der Waals surface area contributed by atoms with Crippen molar-refractivity contribution in [3.8, 4) is 0 Å². The molecule has 1 aromatic heterocycles. The van der Waals surface area contributed by atoms with Crippen molar-refractivity contribution in [3.63, 3.8) is 0 Å². The van der Waals surface area contributed by atoms with Crippen LogP contribution in [-0.4, -0.2) is 36.2 Å². The first kappa shape index (κ1) is 14.9. The molecule has 6 nitrogen and oxygen atoms in total. The molecule has 1 rings (SSSR count). The minimum atomic E-state index is -3.89. The minimum Gasteiger partial charge on any atom is -0.369 e. The number of sulfonamides is 1. The van der Waals surface area contributed by atoms with E-state index in [4.69, 9.17) is 17.3 Å². The number of pyridine rings is 1. The molecule has 100 valence electrons. The zero-order valence-corrected chi connectivity index (χ0v) is 11.6. The monoisotopic (exact) mass is 291 g/mol. The summed E-state index contributed by atoms with van der Waals surface area (Å²) in [7, 11) is -3.89. The van der Waals surface area contributed by atoms with E-state index < -0.39 is 28.5 Å². The molecule has 0 aliphatic carbocycles. The molecule has 18 heavy (non-hydrogen) atoms. The lowest BCUT2D eigenvalue weighted by Gasteiger charge is -2.24. The van der Waals surface area contributed by atoms with Crippen molar-refractivity contribution < 1.29 is 13.2 Å². The SMILES string of the molecule is CC(C)N(CC(N)=O)S(=O)(=O)c1cccnc1Cl. The van der Waals surface area contributed by atoms with Gasteiger partial charge in [0.25, 0.3) is 0 Å². The third kappa shape index (κ3) is 3.18. The molecule has 1 amide bonds. The number of hydrogen-bond acceptors (Lipinski definition) is 4. The number of hydrogen-bond donors (Lipinski definition) is 1. The van der Waals surface area contributed by atoms with Gasteiger partial charge >= 0.3 is 0 Å². The fourth-order valence-electron chi connectivity index (χ4n) is 1.39. The van der Waals surface area contributed by atoms with Crippen LogP contribution in [0, 0.1) is 0 Å². The molecule has 0 radical (unpaired) electrons. The van der Waals surface area contributed by atoms with Gasteiger partial charge in [-0.05, 0) is 26.0 Å². The van der Waals surface area contributed by atoms with Crippen LogP contribution in [0.25, 0.3) is 0 Å². The zero-order chi connectivity index (χ0) is 13.9. The standard InChI is InChI=1S/C10H14ClN3O3S/c1-7(2)14(6-9(12)15)18(16,17)8-4-3-5-13-10(8)11/h3-5,7H,6H2,1-2H3,(H2,12,15). The molecular weight excluding hydrogens is 278 g/mol. The van der Waals surface area contributed by atoms with E-state index in [0.717, 1.165) is 4.31 Å². The molecule has 0 aliphatic heterocycles. The van der Waals surface area contributed by atoms with Crippen LogP contribution in [0.15, 0.2) is 23.2 Å². The molecule has 0 fully saturated rings. The molecule has 1 aromatic rings. The van der Waals surface area contributed by atoms with Crippen molar-refractivity contribution in [2.75, 3.05) is 6.54 Å². The summed E-state index contributed by atoms with van der Waals surface area (Å²) in [6.07, 6.45) is 1.38. The topological polar surface area (TPSA) is 93.4 Å². The third-order valence-corrected chi connectivity index (χ3v) is 4.67. The van der Waals surface area contributed by atoms with Gasteiger partial charge in [-0.1, -0.05) is 11.6 Å². The van der Waals surface area contributed by atoms with E-state index in [1.165, 1.54) is 18.3 Å². The summed E-state index contributed by atoms with van der Waals surface area (Å²) in [5, 5.41) is -0.132. The smallest absolute Gasteiger partial charge is 0.246 e. The van der Waals surface area contributed by atoms with Crippen LogP contribution in [0.4, 0.5) is 0 Å². The first-order valence-electron chi connectivity index (χ1n) is 5.17. The van der Waals surface area contributed by atoms with E-state index in [2.05, 4.69) is 4.98 Å². The van der Waals surface area contributed by atoms with E-state index in [0.29, 0.717) is 0 Å². The molecule has 8 heteroatoms. The summed E-state index contributed by atoms with van der Waals surface area (Å²) < 4.78 is 25.6. The Labute approximate surface area is 111 Å². The van der Waals surface area contributed by atoms with Crippen molar-refractivity contribution in [2.45, 2.75) is 24.8 Å². The molecule has 0 saturated heterocycles. The molecule has 0 atom stereocenters. The lowest BCUT2D eigenvalue weighted by Crippen LogP contribution is -2.42. The van der Waals surface area contributed by atoms with Crippen molar-refractivity contribution in [3.05, 3.63) is 23.5 Å².